The van der Waals surface area contributed by atoms with Crippen molar-refractivity contribution in [3.63, 3.8) is 0 Å². The Morgan fingerprint density at radius 2 is 2.22 bits per heavy atom. The van der Waals surface area contributed by atoms with Crippen molar-refractivity contribution in [2.24, 2.45) is 0 Å². The van der Waals surface area contributed by atoms with Crippen molar-refractivity contribution in [1.82, 2.24) is 15.6 Å². The Bertz CT molecular complexity index is 1140. The minimum atomic E-state index is -0.253. The summed E-state index contributed by atoms with van der Waals surface area (Å²) in [6, 6.07) is 7.16. The van der Waals surface area contributed by atoms with Gasteiger partial charge in [0, 0.05) is 37.0 Å². The number of carbonyl (C=O) groups excluding carboxylic acids is 1. The summed E-state index contributed by atoms with van der Waals surface area (Å²) in [5.74, 6) is 0.836. The summed E-state index contributed by atoms with van der Waals surface area (Å²) in [5, 5.41) is 9.79. The molecule has 1 fully saturated rings. The number of thiocarbonyl (C=S) groups is 1. The number of halogens is 1. The van der Waals surface area contributed by atoms with Gasteiger partial charge in [0.15, 0.2) is 5.75 Å². The van der Waals surface area contributed by atoms with Crippen LogP contribution in [0, 0.1) is 0 Å². The molecular weight excluding hydrogens is 504 g/mol. The summed E-state index contributed by atoms with van der Waals surface area (Å²) >= 11 is 11.8. The molecule has 0 radical (unpaired) electrons. The summed E-state index contributed by atoms with van der Waals surface area (Å²) in [6.45, 7) is 4.50. The largest absolute Gasteiger partial charge is 0.493 e. The zero-order chi connectivity index (χ0) is 25.5. The molecule has 2 atom stereocenters. The highest BCUT2D eigenvalue weighted by molar-refractivity contribution is 7.81. The van der Waals surface area contributed by atoms with Crippen LogP contribution in [0.5, 0.6) is 11.5 Å². The van der Waals surface area contributed by atoms with E-state index in [2.05, 4.69) is 20.9 Å². The molecule has 11 heteroatoms. The molecule has 0 saturated carbocycles. The van der Waals surface area contributed by atoms with Gasteiger partial charge in [-0.15, -0.1) is 0 Å². The van der Waals surface area contributed by atoms with E-state index in [9.17, 15) is 4.79 Å². The molecule has 1 aromatic carbocycles. The van der Waals surface area contributed by atoms with Crippen LogP contribution in [0.15, 0.2) is 47.9 Å². The number of benzene rings is 1. The zero-order valence-corrected chi connectivity index (χ0v) is 21.7. The first kappa shape index (κ1) is 26.2. The van der Waals surface area contributed by atoms with Crippen molar-refractivity contribution in [1.29, 1.82) is 0 Å². The van der Waals surface area contributed by atoms with Crippen molar-refractivity contribution in [2.45, 2.75) is 32.1 Å². The van der Waals surface area contributed by atoms with Crippen molar-refractivity contribution >= 4 is 40.4 Å². The number of amides is 1. The van der Waals surface area contributed by atoms with E-state index in [1.165, 1.54) is 7.11 Å². The van der Waals surface area contributed by atoms with Crippen LogP contribution in [-0.4, -0.2) is 61.6 Å². The van der Waals surface area contributed by atoms with Gasteiger partial charge in [-0.25, -0.2) is 0 Å². The highest BCUT2D eigenvalue weighted by Gasteiger charge is 2.26. The number of carbonyl (C=O) groups is 1. The van der Waals surface area contributed by atoms with Crippen LogP contribution < -0.4 is 25.4 Å². The van der Waals surface area contributed by atoms with Gasteiger partial charge in [0.2, 0.25) is 0 Å². The highest BCUT2D eigenvalue weighted by Crippen LogP contribution is 2.33. The monoisotopic (exact) mass is 532 g/mol. The average Bonchev–Trinajstić information content (AvgIpc) is 2.88. The number of hydrogen-bond acceptors (Lipinski definition) is 8. The SMILES string of the molecule is COc1c(Cl)cccc1NC(=S)C1=C(NCc2ccncc2OC(C)C2COCCO2)CCNC1=O. The molecule has 3 heterocycles. The van der Waals surface area contributed by atoms with Crippen LogP contribution in [0.1, 0.15) is 18.9 Å². The number of methoxy groups -OCH3 is 1. The van der Waals surface area contributed by atoms with Crippen molar-refractivity contribution < 1.29 is 23.7 Å². The molecule has 0 spiro atoms. The second kappa shape index (κ2) is 12.4. The molecule has 9 nitrogen and oxygen atoms in total. The molecule has 0 aliphatic carbocycles. The van der Waals surface area contributed by atoms with E-state index in [0.717, 1.165) is 11.3 Å². The topological polar surface area (TPSA) is 103 Å². The summed E-state index contributed by atoms with van der Waals surface area (Å²) < 4.78 is 22.8. The third-order valence-electron chi connectivity index (χ3n) is 5.88. The summed E-state index contributed by atoms with van der Waals surface area (Å²) in [6.07, 6.45) is 3.61. The Balaban J connectivity index is 1.50. The molecular formula is C25H29ClN4O5S. The first-order chi connectivity index (χ1) is 17.5. The number of pyridine rings is 1. The van der Waals surface area contributed by atoms with Gasteiger partial charge in [-0.1, -0.05) is 29.9 Å². The lowest BCUT2D eigenvalue weighted by Gasteiger charge is -2.29. The first-order valence-corrected chi connectivity index (χ1v) is 12.4. The maximum Gasteiger partial charge on any atom is 0.256 e. The lowest BCUT2D eigenvalue weighted by molar-refractivity contribution is -0.122. The van der Waals surface area contributed by atoms with E-state index in [0.29, 0.717) is 67.1 Å². The number of para-hydroxylation sites is 1. The number of nitrogens with zero attached hydrogens (tertiary/aromatic N) is 1. The lowest BCUT2D eigenvalue weighted by Crippen LogP contribution is -2.40. The Morgan fingerprint density at radius 1 is 1.36 bits per heavy atom. The fourth-order valence-corrected chi connectivity index (χ4v) is 4.56. The van der Waals surface area contributed by atoms with Gasteiger partial charge < -0.3 is 34.9 Å². The average molecular weight is 533 g/mol. The summed E-state index contributed by atoms with van der Waals surface area (Å²) in [7, 11) is 1.53. The quantitative estimate of drug-likeness (QED) is 0.420. The predicted molar refractivity (Wildman–Crippen MR) is 141 cm³/mol. The molecule has 2 aromatic rings. The molecule has 4 rings (SSSR count). The Labute approximate surface area is 220 Å². The van der Waals surface area contributed by atoms with Crippen LogP contribution >= 0.6 is 23.8 Å². The van der Waals surface area contributed by atoms with Crippen molar-refractivity contribution in [3.05, 3.63) is 58.5 Å². The van der Waals surface area contributed by atoms with Crippen LogP contribution in [0.2, 0.25) is 5.02 Å². The maximum atomic E-state index is 12.8. The molecule has 3 N–H and O–H groups in total. The van der Waals surface area contributed by atoms with E-state index < -0.39 is 0 Å². The number of aromatic nitrogens is 1. The number of hydrogen-bond donors (Lipinski definition) is 3. The van der Waals surface area contributed by atoms with E-state index >= 15 is 0 Å². The second-order valence-corrected chi connectivity index (χ2v) is 9.09. The smallest absolute Gasteiger partial charge is 0.256 e. The Hall–Kier alpha value is -2.92. The van der Waals surface area contributed by atoms with Crippen molar-refractivity contribution in [2.75, 3.05) is 38.8 Å². The van der Waals surface area contributed by atoms with E-state index in [1.807, 2.05) is 13.0 Å². The molecule has 2 aliphatic rings. The van der Waals surface area contributed by atoms with Crippen LogP contribution in [-0.2, 0) is 20.8 Å². The fraction of sp³-hybridized carbons (Fsp3) is 0.400. The maximum absolute atomic E-state index is 12.8. The number of anilines is 1. The summed E-state index contributed by atoms with van der Waals surface area (Å²) in [4.78, 5) is 17.3. The number of ether oxygens (including phenoxy) is 4. The van der Waals surface area contributed by atoms with Gasteiger partial charge in [-0.2, -0.15) is 0 Å². The third-order valence-corrected chi connectivity index (χ3v) is 6.48. The second-order valence-electron chi connectivity index (χ2n) is 8.28. The van der Waals surface area contributed by atoms with Gasteiger partial charge >= 0.3 is 0 Å². The normalized spacial score (nSPS) is 18.8. The zero-order valence-electron chi connectivity index (χ0n) is 20.1. The predicted octanol–water partition coefficient (Wildman–Crippen LogP) is 3.23. The fourth-order valence-electron chi connectivity index (χ4n) is 3.98. The molecule has 2 unspecified atom stereocenters. The first-order valence-electron chi connectivity index (χ1n) is 11.7. The molecule has 192 valence electrons. The lowest BCUT2D eigenvalue weighted by atomic mass is 10.1. The summed E-state index contributed by atoms with van der Waals surface area (Å²) in [5.41, 5.74) is 2.57. The molecule has 1 amide bonds. The van der Waals surface area contributed by atoms with E-state index in [-0.39, 0.29) is 23.1 Å². The van der Waals surface area contributed by atoms with Gasteiger partial charge in [-0.05, 0) is 25.1 Å². The molecule has 36 heavy (non-hydrogen) atoms. The molecule has 1 saturated heterocycles. The number of nitrogens with one attached hydrogen (secondary N) is 3. The van der Waals surface area contributed by atoms with Gasteiger partial charge in [0.25, 0.3) is 5.91 Å². The standard InChI is InChI=1S/C25H29ClN4O5S/c1-15(21-14-33-10-11-34-21)35-20-13-27-8-6-16(20)12-29-18-7-9-28-24(31)22(18)25(36)30-19-5-3-4-17(26)23(19)32-2/h3-6,8,13,15,21,29H,7,9-12,14H2,1-2H3,(H,28,31)(H,30,36). The number of rotatable bonds is 9. The van der Waals surface area contributed by atoms with Crippen LogP contribution in [0.4, 0.5) is 5.69 Å². The minimum absolute atomic E-state index is 0.150. The van der Waals surface area contributed by atoms with Crippen LogP contribution in [0.3, 0.4) is 0 Å². The Kier molecular flexibility index (Phi) is 8.98. The molecule has 2 aliphatic heterocycles. The van der Waals surface area contributed by atoms with Crippen molar-refractivity contribution in [3.8, 4) is 11.5 Å². The molecule has 1 aromatic heterocycles. The van der Waals surface area contributed by atoms with Gasteiger partial charge in [0.1, 0.15) is 22.9 Å². The highest BCUT2D eigenvalue weighted by atomic mass is 35.5. The van der Waals surface area contributed by atoms with Gasteiger partial charge in [-0.3, -0.25) is 9.78 Å². The van der Waals surface area contributed by atoms with Crippen LogP contribution in [0.25, 0.3) is 0 Å². The van der Waals surface area contributed by atoms with E-state index in [4.69, 9.17) is 42.8 Å². The Morgan fingerprint density at radius 3 is 3.00 bits per heavy atom. The minimum Gasteiger partial charge on any atom is -0.493 e. The molecule has 0 bridgehead atoms. The van der Waals surface area contributed by atoms with E-state index in [1.54, 1.807) is 30.6 Å². The third kappa shape index (κ3) is 6.25. The van der Waals surface area contributed by atoms with Gasteiger partial charge in [0.05, 0.1) is 49.4 Å².